The van der Waals surface area contributed by atoms with Gasteiger partial charge in [0.2, 0.25) is 29.5 Å². The molecule has 2 heterocycles. The highest BCUT2D eigenvalue weighted by atomic mass is 16.4. The maximum atomic E-state index is 13.6. The third kappa shape index (κ3) is 10.4. The van der Waals surface area contributed by atoms with Crippen molar-refractivity contribution in [1.82, 2.24) is 36.6 Å². The van der Waals surface area contributed by atoms with Crippen LogP contribution < -0.4 is 32.3 Å². The number of rotatable bonds is 17. The van der Waals surface area contributed by atoms with Crippen molar-refractivity contribution in [3.05, 3.63) is 72.1 Å². The number of H-pyrrole nitrogens is 2. The number of hydrogen-bond acceptors (Lipinski definition) is 7. The first kappa shape index (κ1) is 36.1. The van der Waals surface area contributed by atoms with Gasteiger partial charge in [0.1, 0.15) is 18.6 Å². The summed E-state index contributed by atoms with van der Waals surface area (Å²) in [4.78, 5) is 81.6. The Labute approximate surface area is 282 Å². The largest absolute Gasteiger partial charge is 0.480 e. The molecule has 3 atom stereocenters. The van der Waals surface area contributed by atoms with Crippen LogP contribution in [0.15, 0.2) is 60.9 Å². The van der Waals surface area contributed by atoms with Crippen molar-refractivity contribution in [3.63, 3.8) is 0 Å². The average Bonchev–Trinajstić information content (AvgIpc) is 3.68. The second-order valence-corrected chi connectivity index (χ2v) is 12.2. The Morgan fingerprint density at radius 1 is 0.673 bits per heavy atom. The SMILES string of the molecule is CC(C)C[C@H](NC(=O)[C@H](Cc1c[nH]c2ccccc12)NC(=O)CNC(=O)CNC(=O)[C@@H](N)Cc1c[nH]c2ccccc12)C(=O)NCC(=O)O. The lowest BCUT2D eigenvalue weighted by atomic mass is 10.0. The Kier molecular flexibility index (Phi) is 12.5. The van der Waals surface area contributed by atoms with Gasteiger partial charge in [-0.3, -0.25) is 28.8 Å². The Bertz CT molecular complexity index is 1810. The molecule has 49 heavy (non-hydrogen) atoms. The van der Waals surface area contributed by atoms with E-state index >= 15 is 0 Å². The predicted octanol–water partition coefficient (Wildman–Crippen LogP) is 0.211. The number of amides is 5. The van der Waals surface area contributed by atoms with E-state index in [1.165, 1.54) is 0 Å². The van der Waals surface area contributed by atoms with Crippen LogP contribution >= 0.6 is 0 Å². The normalized spacial score (nSPS) is 13.0. The van der Waals surface area contributed by atoms with E-state index in [2.05, 4.69) is 36.6 Å². The number of aliphatic carboxylic acids is 1. The van der Waals surface area contributed by atoms with Gasteiger partial charge in [-0.05, 0) is 42.0 Å². The van der Waals surface area contributed by atoms with Crippen LogP contribution in [0, 0.1) is 5.92 Å². The second kappa shape index (κ2) is 16.9. The first-order chi connectivity index (χ1) is 23.4. The summed E-state index contributed by atoms with van der Waals surface area (Å²) in [5.41, 5.74) is 9.41. The molecule has 0 aliphatic heterocycles. The van der Waals surface area contributed by atoms with Crippen molar-refractivity contribution in [3.8, 4) is 0 Å². The van der Waals surface area contributed by atoms with Gasteiger partial charge in [0.15, 0.2) is 0 Å². The zero-order valence-electron chi connectivity index (χ0n) is 27.3. The predicted molar refractivity (Wildman–Crippen MR) is 182 cm³/mol. The molecule has 0 saturated carbocycles. The number of carbonyl (C=O) groups is 6. The van der Waals surface area contributed by atoms with Crippen molar-refractivity contribution in [2.75, 3.05) is 19.6 Å². The molecule has 0 bridgehead atoms. The smallest absolute Gasteiger partial charge is 0.322 e. The number of aromatic nitrogens is 2. The lowest BCUT2D eigenvalue weighted by molar-refractivity contribution is -0.138. The lowest BCUT2D eigenvalue weighted by Gasteiger charge is -2.24. The van der Waals surface area contributed by atoms with Gasteiger partial charge in [-0.25, -0.2) is 0 Å². The molecular weight excluding hydrogens is 632 g/mol. The van der Waals surface area contributed by atoms with Crippen LogP contribution in [0.4, 0.5) is 0 Å². The Morgan fingerprint density at radius 3 is 1.82 bits per heavy atom. The van der Waals surface area contributed by atoms with E-state index in [0.717, 1.165) is 32.9 Å². The van der Waals surface area contributed by atoms with Crippen molar-refractivity contribution in [2.24, 2.45) is 11.7 Å². The minimum absolute atomic E-state index is 0.0266. The van der Waals surface area contributed by atoms with Crippen LogP contribution in [0.1, 0.15) is 31.4 Å². The van der Waals surface area contributed by atoms with Gasteiger partial charge in [0.25, 0.3) is 0 Å². The molecule has 15 heteroatoms. The number of nitrogens with one attached hydrogen (secondary N) is 7. The zero-order valence-corrected chi connectivity index (χ0v) is 27.3. The molecule has 0 radical (unpaired) electrons. The summed E-state index contributed by atoms with van der Waals surface area (Å²) in [5, 5.41) is 23.2. The van der Waals surface area contributed by atoms with Gasteiger partial charge in [0.05, 0.1) is 19.1 Å². The molecule has 10 N–H and O–H groups in total. The number of para-hydroxylation sites is 2. The third-order valence-corrected chi connectivity index (χ3v) is 7.83. The number of hydrogen-bond donors (Lipinski definition) is 9. The summed E-state index contributed by atoms with van der Waals surface area (Å²) in [5.74, 6) is -4.47. The fourth-order valence-corrected chi connectivity index (χ4v) is 5.41. The molecule has 0 fully saturated rings. The highest BCUT2D eigenvalue weighted by molar-refractivity contribution is 5.95. The average molecular weight is 675 g/mol. The summed E-state index contributed by atoms with van der Waals surface area (Å²) >= 11 is 0. The van der Waals surface area contributed by atoms with E-state index in [0.29, 0.717) is 0 Å². The fourth-order valence-electron chi connectivity index (χ4n) is 5.41. The number of carboxylic acids is 1. The van der Waals surface area contributed by atoms with Gasteiger partial charge < -0.3 is 47.4 Å². The summed E-state index contributed by atoms with van der Waals surface area (Å²) in [6.45, 7) is 2.15. The Hall–Kier alpha value is -5.70. The van der Waals surface area contributed by atoms with Crippen LogP contribution in [0.25, 0.3) is 21.8 Å². The van der Waals surface area contributed by atoms with Gasteiger partial charge >= 0.3 is 5.97 Å². The van der Waals surface area contributed by atoms with Crippen LogP contribution in [0.5, 0.6) is 0 Å². The molecule has 5 amide bonds. The summed E-state index contributed by atoms with van der Waals surface area (Å²) in [6.07, 6.45) is 4.02. The first-order valence-electron chi connectivity index (χ1n) is 15.9. The number of carbonyl (C=O) groups excluding carboxylic acids is 5. The topological polar surface area (TPSA) is 240 Å². The molecule has 2 aromatic heterocycles. The lowest BCUT2D eigenvalue weighted by Crippen LogP contribution is -2.56. The minimum Gasteiger partial charge on any atom is -0.480 e. The highest BCUT2D eigenvalue weighted by Gasteiger charge is 2.28. The molecule has 2 aromatic carbocycles. The van der Waals surface area contributed by atoms with Crippen molar-refractivity contribution < 1.29 is 33.9 Å². The zero-order chi connectivity index (χ0) is 35.5. The van der Waals surface area contributed by atoms with E-state index < -0.39 is 73.3 Å². The van der Waals surface area contributed by atoms with E-state index in [1.54, 1.807) is 12.4 Å². The third-order valence-electron chi connectivity index (χ3n) is 7.83. The van der Waals surface area contributed by atoms with E-state index in [4.69, 9.17) is 10.8 Å². The number of carboxylic acid groups (broad SMARTS) is 1. The quantitative estimate of drug-likeness (QED) is 0.0748. The molecule has 0 aliphatic carbocycles. The number of benzene rings is 2. The monoisotopic (exact) mass is 674 g/mol. The molecular formula is C34H42N8O7. The van der Waals surface area contributed by atoms with Gasteiger partial charge in [-0.1, -0.05) is 50.2 Å². The highest BCUT2D eigenvalue weighted by Crippen LogP contribution is 2.20. The van der Waals surface area contributed by atoms with E-state index in [9.17, 15) is 28.8 Å². The molecule has 4 rings (SSSR count). The Morgan fingerprint density at radius 2 is 1.22 bits per heavy atom. The molecule has 15 nitrogen and oxygen atoms in total. The number of nitrogens with two attached hydrogens (primary N) is 1. The first-order valence-corrected chi connectivity index (χ1v) is 15.9. The molecule has 0 saturated heterocycles. The van der Waals surface area contributed by atoms with Crippen LogP contribution in [0.2, 0.25) is 0 Å². The number of fused-ring (bicyclic) bond motifs is 2. The van der Waals surface area contributed by atoms with Gasteiger partial charge in [-0.15, -0.1) is 0 Å². The molecule has 0 unspecified atom stereocenters. The van der Waals surface area contributed by atoms with Crippen molar-refractivity contribution in [1.29, 1.82) is 0 Å². The number of aromatic amines is 2. The fraction of sp³-hybridized carbons (Fsp3) is 0.353. The van der Waals surface area contributed by atoms with Crippen LogP contribution in [-0.4, -0.2) is 88.3 Å². The maximum absolute atomic E-state index is 13.6. The van der Waals surface area contributed by atoms with Gasteiger partial charge in [0, 0.05) is 40.6 Å². The van der Waals surface area contributed by atoms with Crippen molar-refractivity contribution >= 4 is 57.3 Å². The van der Waals surface area contributed by atoms with Crippen LogP contribution in [-0.2, 0) is 41.6 Å². The van der Waals surface area contributed by atoms with E-state index in [1.807, 2.05) is 62.4 Å². The molecule has 0 spiro atoms. The summed E-state index contributed by atoms with van der Waals surface area (Å²) in [6, 6.07) is 11.9. The maximum Gasteiger partial charge on any atom is 0.322 e. The van der Waals surface area contributed by atoms with Gasteiger partial charge in [-0.2, -0.15) is 0 Å². The van der Waals surface area contributed by atoms with Crippen molar-refractivity contribution in [2.45, 2.75) is 51.2 Å². The van der Waals surface area contributed by atoms with E-state index in [-0.39, 0.29) is 25.2 Å². The summed E-state index contributed by atoms with van der Waals surface area (Å²) < 4.78 is 0. The molecule has 260 valence electrons. The Balaban J connectivity index is 1.34. The molecule has 4 aromatic rings. The second-order valence-electron chi connectivity index (χ2n) is 12.2. The molecule has 0 aliphatic rings. The standard InChI is InChI=1S/C34H42N8O7/c1-19(2)11-27(33(48)40-18-31(45)46)42-34(49)28(13-21-15-37-26-10-6-4-8-23(21)26)41-30(44)17-38-29(43)16-39-32(47)24(35)12-20-14-36-25-9-5-3-7-22(20)25/h3-10,14-15,19,24,27-28,36-37H,11-13,16-18,35H2,1-2H3,(H,38,43)(H,39,47)(H,40,48)(H,41,44)(H,42,49)(H,45,46)/t24-,27-,28-/m0/s1. The minimum atomic E-state index is -1.23. The summed E-state index contributed by atoms with van der Waals surface area (Å²) in [7, 11) is 0. The van der Waals surface area contributed by atoms with Crippen LogP contribution in [0.3, 0.4) is 0 Å².